The van der Waals surface area contributed by atoms with Crippen molar-refractivity contribution >= 4 is 18.1 Å². The largest absolute Gasteiger partial charge is 0.493 e. The van der Waals surface area contributed by atoms with E-state index >= 15 is 0 Å². The van der Waals surface area contributed by atoms with Crippen LogP contribution in [0.5, 0.6) is 17.2 Å². The van der Waals surface area contributed by atoms with Crippen LogP contribution in [0.4, 0.5) is 0 Å². The van der Waals surface area contributed by atoms with E-state index in [9.17, 15) is 9.59 Å². The lowest BCUT2D eigenvalue weighted by Gasteiger charge is -2.10. The van der Waals surface area contributed by atoms with Crippen molar-refractivity contribution in [1.29, 1.82) is 0 Å². The van der Waals surface area contributed by atoms with Crippen LogP contribution in [-0.4, -0.2) is 31.8 Å². The number of aryl methyl sites for hydroxylation is 3. The van der Waals surface area contributed by atoms with E-state index in [1.54, 1.807) is 30.3 Å². The van der Waals surface area contributed by atoms with Gasteiger partial charge in [0.15, 0.2) is 18.1 Å². The second-order valence-corrected chi connectivity index (χ2v) is 7.49. The zero-order valence-corrected chi connectivity index (χ0v) is 19.0. The molecule has 170 valence electrons. The summed E-state index contributed by atoms with van der Waals surface area (Å²) in [5.74, 6) is 0.401. The van der Waals surface area contributed by atoms with E-state index in [0.29, 0.717) is 22.6 Å². The Morgan fingerprint density at radius 3 is 2.36 bits per heavy atom. The highest BCUT2D eigenvalue weighted by Gasteiger charge is 2.13. The number of nitrogens with one attached hydrogen (secondary N) is 1. The molecular formula is C26H26N2O5. The lowest BCUT2D eigenvalue weighted by Crippen LogP contribution is -2.24. The van der Waals surface area contributed by atoms with Gasteiger partial charge in [-0.25, -0.2) is 10.2 Å². The molecule has 33 heavy (non-hydrogen) atoms. The Morgan fingerprint density at radius 2 is 1.67 bits per heavy atom. The molecule has 1 amide bonds. The number of esters is 1. The topological polar surface area (TPSA) is 86.2 Å². The minimum Gasteiger partial charge on any atom is -0.493 e. The number of hydrogen-bond donors (Lipinski definition) is 1. The normalized spacial score (nSPS) is 10.7. The fourth-order valence-electron chi connectivity index (χ4n) is 2.86. The summed E-state index contributed by atoms with van der Waals surface area (Å²) < 4.78 is 16.3. The Hall–Kier alpha value is -4.13. The summed E-state index contributed by atoms with van der Waals surface area (Å²) >= 11 is 0. The molecule has 0 bridgehead atoms. The quantitative estimate of drug-likeness (QED) is 0.240. The molecule has 0 aliphatic rings. The van der Waals surface area contributed by atoms with Crippen molar-refractivity contribution in [2.75, 3.05) is 13.7 Å². The van der Waals surface area contributed by atoms with Crippen molar-refractivity contribution in [3.63, 3.8) is 0 Å². The van der Waals surface area contributed by atoms with Crippen LogP contribution in [0.3, 0.4) is 0 Å². The third-order valence-electron chi connectivity index (χ3n) is 4.93. The van der Waals surface area contributed by atoms with E-state index in [0.717, 1.165) is 16.7 Å². The van der Waals surface area contributed by atoms with E-state index in [2.05, 4.69) is 10.5 Å². The molecule has 1 N–H and O–H groups in total. The summed E-state index contributed by atoms with van der Waals surface area (Å²) in [5, 5.41) is 3.94. The maximum Gasteiger partial charge on any atom is 0.343 e. The molecule has 3 rings (SSSR count). The van der Waals surface area contributed by atoms with Crippen LogP contribution in [0.25, 0.3) is 0 Å². The summed E-state index contributed by atoms with van der Waals surface area (Å²) in [4.78, 5) is 24.3. The molecule has 7 heteroatoms. The number of nitrogens with zero attached hydrogens (tertiary/aromatic N) is 1. The number of benzene rings is 3. The van der Waals surface area contributed by atoms with Gasteiger partial charge in [0.25, 0.3) is 5.91 Å². The lowest BCUT2D eigenvalue weighted by molar-refractivity contribution is -0.123. The molecule has 0 fully saturated rings. The van der Waals surface area contributed by atoms with Crippen molar-refractivity contribution in [1.82, 2.24) is 5.43 Å². The average molecular weight is 447 g/mol. The van der Waals surface area contributed by atoms with Gasteiger partial charge in [0, 0.05) is 0 Å². The van der Waals surface area contributed by atoms with Gasteiger partial charge in [-0.05, 0) is 79.9 Å². The average Bonchev–Trinajstić information content (AvgIpc) is 2.81. The highest BCUT2D eigenvalue weighted by atomic mass is 16.6. The first-order valence-corrected chi connectivity index (χ1v) is 10.3. The van der Waals surface area contributed by atoms with Gasteiger partial charge in [-0.2, -0.15) is 5.10 Å². The summed E-state index contributed by atoms with van der Waals surface area (Å²) in [5.41, 5.74) is 6.81. The van der Waals surface area contributed by atoms with Gasteiger partial charge in [-0.15, -0.1) is 0 Å². The molecule has 0 unspecified atom stereocenters. The monoisotopic (exact) mass is 446 g/mol. The lowest BCUT2D eigenvalue weighted by atomic mass is 10.1. The van der Waals surface area contributed by atoms with Gasteiger partial charge in [-0.1, -0.05) is 23.8 Å². The second-order valence-electron chi connectivity index (χ2n) is 7.49. The maximum absolute atomic E-state index is 12.4. The number of carbonyl (C=O) groups excluding carboxylic acids is 2. The second kappa shape index (κ2) is 10.9. The SMILES string of the molecule is COc1cc(/C=N/NC(=O)COc2ccc(C)c(C)c2)ccc1OC(=O)c1ccc(C)cc1. The zero-order valence-electron chi connectivity index (χ0n) is 19.0. The van der Waals surface area contributed by atoms with Gasteiger partial charge in [-0.3, -0.25) is 4.79 Å². The first-order valence-electron chi connectivity index (χ1n) is 10.3. The zero-order chi connectivity index (χ0) is 23.8. The van der Waals surface area contributed by atoms with Crippen LogP contribution in [-0.2, 0) is 4.79 Å². The Morgan fingerprint density at radius 1 is 0.909 bits per heavy atom. The molecule has 3 aromatic carbocycles. The number of ether oxygens (including phenoxy) is 3. The highest BCUT2D eigenvalue weighted by molar-refractivity contribution is 5.91. The molecule has 7 nitrogen and oxygen atoms in total. The van der Waals surface area contributed by atoms with E-state index < -0.39 is 5.97 Å². The highest BCUT2D eigenvalue weighted by Crippen LogP contribution is 2.28. The third kappa shape index (κ3) is 6.67. The Kier molecular flexibility index (Phi) is 7.81. The van der Waals surface area contributed by atoms with Crippen molar-refractivity contribution in [3.8, 4) is 17.2 Å². The number of methoxy groups -OCH3 is 1. The maximum atomic E-state index is 12.4. The molecule has 0 saturated carbocycles. The molecule has 0 saturated heterocycles. The number of hydrazone groups is 1. The molecule has 0 atom stereocenters. The van der Waals surface area contributed by atoms with E-state index in [-0.39, 0.29) is 18.3 Å². The minimum atomic E-state index is -0.481. The predicted molar refractivity (Wildman–Crippen MR) is 126 cm³/mol. The molecular weight excluding hydrogens is 420 g/mol. The summed E-state index contributed by atoms with van der Waals surface area (Å²) in [6.45, 7) is 5.78. The third-order valence-corrected chi connectivity index (χ3v) is 4.93. The van der Waals surface area contributed by atoms with Crippen LogP contribution in [0.1, 0.15) is 32.6 Å². The number of rotatable bonds is 8. The van der Waals surface area contributed by atoms with E-state index in [1.165, 1.54) is 13.3 Å². The Balaban J connectivity index is 1.56. The number of hydrogen-bond acceptors (Lipinski definition) is 6. The molecule has 0 aliphatic carbocycles. The molecule has 0 radical (unpaired) electrons. The van der Waals surface area contributed by atoms with E-state index in [4.69, 9.17) is 14.2 Å². The molecule has 3 aromatic rings. The van der Waals surface area contributed by atoms with Gasteiger partial charge >= 0.3 is 5.97 Å². The summed E-state index contributed by atoms with van der Waals surface area (Å²) in [6.07, 6.45) is 1.46. The van der Waals surface area contributed by atoms with Crippen LogP contribution in [0, 0.1) is 20.8 Å². The Labute approximate surface area is 193 Å². The van der Waals surface area contributed by atoms with Crippen LogP contribution in [0.2, 0.25) is 0 Å². The van der Waals surface area contributed by atoms with Gasteiger partial charge in [0.05, 0.1) is 18.9 Å². The number of carbonyl (C=O) groups is 2. The van der Waals surface area contributed by atoms with Gasteiger partial charge in [0.2, 0.25) is 0 Å². The molecule has 0 aromatic heterocycles. The summed E-state index contributed by atoms with van der Waals surface area (Å²) in [7, 11) is 1.48. The fourth-order valence-corrected chi connectivity index (χ4v) is 2.86. The van der Waals surface area contributed by atoms with Gasteiger partial charge in [0.1, 0.15) is 5.75 Å². The fraction of sp³-hybridized carbons (Fsp3) is 0.192. The minimum absolute atomic E-state index is 0.156. The molecule has 0 heterocycles. The van der Waals surface area contributed by atoms with Crippen LogP contribution in [0.15, 0.2) is 65.8 Å². The van der Waals surface area contributed by atoms with Crippen molar-refractivity contribution < 1.29 is 23.8 Å². The first kappa shape index (κ1) is 23.5. The van der Waals surface area contributed by atoms with E-state index in [1.807, 2.05) is 51.1 Å². The smallest absolute Gasteiger partial charge is 0.343 e. The number of amides is 1. The van der Waals surface area contributed by atoms with Gasteiger partial charge < -0.3 is 14.2 Å². The van der Waals surface area contributed by atoms with Crippen molar-refractivity contribution in [3.05, 3.63) is 88.5 Å². The summed E-state index contributed by atoms with van der Waals surface area (Å²) in [6, 6.07) is 17.7. The first-order chi connectivity index (χ1) is 15.9. The van der Waals surface area contributed by atoms with Crippen molar-refractivity contribution in [2.45, 2.75) is 20.8 Å². The van der Waals surface area contributed by atoms with Crippen molar-refractivity contribution in [2.24, 2.45) is 5.10 Å². The van der Waals surface area contributed by atoms with Crippen LogP contribution < -0.4 is 19.6 Å². The molecule has 0 aliphatic heterocycles. The van der Waals surface area contributed by atoms with Crippen LogP contribution >= 0.6 is 0 Å². The molecule has 0 spiro atoms. The predicted octanol–water partition coefficient (Wildman–Crippen LogP) is 4.37. The Bertz CT molecular complexity index is 1170. The standard InChI is InChI=1S/C26H26N2O5/c1-17-5-9-21(10-6-17)26(30)33-23-12-8-20(14-24(23)31-4)15-27-28-25(29)16-32-22-11-7-18(2)19(3)13-22/h5-15H,16H2,1-4H3,(H,28,29)/b27-15+.